The fourth-order valence-electron chi connectivity index (χ4n) is 2.87. The first-order chi connectivity index (χ1) is 9.74. The lowest BCUT2D eigenvalue weighted by molar-refractivity contribution is -0.233. The summed E-state index contributed by atoms with van der Waals surface area (Å²) < 4.78 is 62.5. The molecule has 1 aliphatic carbocycles. The van der Waals surface area contributed by atoms with Crippen LogP contribution in [-0.4, -0.2) is 72.2 Å². The van der Waals surface area contributed by atoms with Crippen LogP contribution in [0.4, 0.5) is 17.6 Å². The van der Waals surface area contributed by atoms with Gasteiger partial charge < -0.3 is 14.5 Å². The predicted octanol–water partition coefficient (Wildman–Crippen LogP) is 2.43. The van der Waals surface area contributed by atoms with Crippen LogP contribution in [0, 0.1) is 0 Å². The van der Waals surface area contributed by atoms with Gasteiger partial charge in [-0.25, -0.2) is 0 Å². The second-order valence-electron chi connectivity index (χ2n) is 5.42. The van der Waals surface area contributed by atoms with Gasteiger partial charge in [-0.15, -0.1) is 11.8 Å². The highest BCUT2D eigenvalue weighted by atomic mass is 35.5. The third-order valence-electron chi connectivity index (χ3n) is 4.12. The molecule has 0 saturated carbocycles. The van der Waals surface area contributed by atoms with Crippen LogP contribution in [-0.2, 0) is 4.74 Å². The number of alkyl halides is 4. The molecule has 21 heavy (non-hydrogen) atoms. The molecule has 0 N–H and O–H groups in total. The maximum absolute atomic E-state index is 14.4. The van der Waals surface area contributed by atoms with E-state index >= 15 is 0 Å². The fraction of sp³-hybridized carbons (Fsp3) is 0.833. The average molecular weight is 347 g/mol. The summed E-state index contributed by atoms with van der Waals surface area (Å²) in [5, 5.41) is -0.551. The summed E-state index contributed by atoms with van der Waals surface area (Å²) in [5.74, 6) is -8.45. The number of nitrogens with zero attached hydrogens (tertiary/aromatic N) is 2. The monoisotopic (exact) mass is 346 g/mol. The van der Waals surface area contributed by atoms with Crippen LogP contribution in [0.2, 0.25) is 0 Å². The van der Waals surface area contributed by atoms with Gasteiger partial charge >= 0.3 is 11.8 Å². The number of rotatable bonds is 1. The van der Waals surface area contributed by atoms with Gasteiger partial charge in [0.1, 0.15) is 5.70 Å². The summed E-state index contributed by atoms with van der Waals surface area (Å²) >= 11 is 6.66. The highest BCUT2D eigenvalue weighted by molar-refractivity contribution is 8.01. The summed E-state index contributed by atoms with van der Waals surface area (Å²) in [7, 11) is 1.85. The summed E-state index contributed by atoms with van der Waals surface area (Å²) in [5.41, 5.74) is -0.767. The van der Waals surface area contributed by atoms with Gasteiger partial charge in [0.15, 0.2) is 0 Å². The molecule has 1 atom stereocenters. The van der Waals surface area contributed by atoms with Crippen molar-refractivity contribution in [2.45, 2.75) is 16.8 Å². The standard InChI is InChI=1S/C12H15ClF4N2OS/c1-18-2-4-19(5-3-18)9-8(13)11(20-6-7-21-11)12(16,17)10(9,14)15/h2-7H2,1H3/t11-/m1/s1. The second kappa shape index (κ2) is 4.91. The quantitative estimate of drug-likeness (QED) is 0.677. The summed E-state index contributed by atoms with van der Waals surface area (Å²) in [4.78, 5) is 0.788. The van der Waals surface area contributed by atoms with Crippen LogP contribution in [0.25, 0.3) is 0 Å². The number of likely N-dealkylation sites (N-methyl/N-ethyl adjacent to an activating group) is 1. The Morgan fingerprint density at radius 3 is 2.29 bits per heavy atom. The van der Waals surface area contributed by atoms with Gasteiger partial charge in [-0.1, -0.05) is 11.6 Å². The van der Waals surface area contributed by atoms with Crippen molar-refractivity contribution in [1.82, 2.24) is 9.80 Å². The third-order valence-corrected chi connectivity index (χ3v) is 6.03. The smallest absolute Gasteiger partial charge is 0.358 e. The minimum Gasteiger partial charge on any atom is -0.366 e. The molecule has 2 aliphatic heterocycles. The average Bonchev–Trinajstić information content (AvgIpc) is 2.94. The zero-order chi connectivity index (χ0) is 15.5. The zero-order valence-corrected chi connectivity index (χ0v) is 12.9. The van der Waals surface area contributed by atoms with Crippen molar-refractivity contribution in [3.8, 4) is 0 Å². The molecule has 120 valence electrons. The number of piperazine rings is 1. The van der Waals surface area contributed by atoms with E-state index in [9.17, 15) is 17.6 Å². The van der Waals surface area contributed by atoms with Crippen molar-refractivity contribution in [1.29, 1.82) is 0 Å². The van der Waals surface area contributed by atoms with E-state index in [1.165, 1.54) is 4.90 Å². The Balaban J connectivity index is 2.03. The number of ether oxygens (including phenoxy) is 1. The van der Waals surface area contributed by atoms with E-state index in [0.717, 1.165) is 0 Å². The maximum Gasteiger partial charge on any atom is 0.358 e. The van der Waals surface area contributed by atoms with Crippen molar-refractivity contribution in [2.75, 3.05) is 45.6 Å². The molecule has 2 fully saturated rings. The minimum atomic E-state index is -4.35. The fourth-order valence-corrected chi connectivity index (χ4v) is 4.60. The van der Waals surface area contributed by atoms with E-state index in [-0.39, 0.29) is 25.4 Å². The molecule has 2 heterocycles. The van der Waals surface area contributed by atoms with Crippen molar-refractivity contribution >= 4 is 23.4 Å². The van der Waals surface area contributed by atoms with E-state index in [0.29, 0.717) is 24.9 Å². The van der Waals surface area contributed by atoms with Crippen LogP contribution in [0.3, 0.4) is 0 Å². The first kappa shape index (κ1) is 15.7. The normalized spacial score (nSPS) is 36.0. The van der Waals surface area contributed by atoms with Gasteiger partial charge in [-0.05, 0) is 7.05 Å². The lowest BCUT2D eigenvalue weighted by Crippen LogP contribution is -2.54. The van der Waals surface area contributed by atoms with Crippen molar-refractivity contribution in [3.63, 3.8) is 0 Å². The first-order valence-corrected chi connectivity index (χ1v) is 7.98. The van der Waals surface area contributed by atoms with Crippen LogP contribution in [0.15, 0.2) is 10.7 Å². The molecule has 0 aromatic rings. The molecular weight excluding hydrogens is 332 g/mol. The Bertz CT molecular complexity index is 474. The van der Waals surface area contributed by atoms with E-state index in [1.807, 2.05) is 11.9 Å². The van der Waals surface area contributed by atoms with Crippen molar-refractivity contribution < 1.29 is 22.3 Å². The highest BCUT2D eigenvalue weighted by Crippen LogP contribution is 2.65. The zero-order valence-electron chi connectivity index (χ0n) is 11.3. The molecule has 1 spiro atoms. The number of hydrogen-bond donors (Lipinski definition) is 0. The molecule has 3 rings (SSSR count). The first-order valence-electron chi connectivity index (χ1n) is 6.62. The Hall–Kier alpha value is -0.180. The Kier molecular flexibility index (Phi) is 3.67. The van der Waals surface area contributed by atoms with Gasteiger partial charge in [-0.3, -0.25) is 0 Å². The number of hydrogen-bond acceptors (Lipinski definition) is 4. The van der Waals surface area contributed by atoms with Crippen LogP contribution in [0.5, 0.6) is 0 Å². The van der Waals surface area contributed by atoms with Gasteiger partial charge in [-0.2, -0.15) is 17.6 Å². The molecule has 0 bridgehead atoms. The van der Waals surface area contributed by atoms with Crippen molar-refractivity contribution in [3.05, 3.63) is 10.7 Å². The number of halogens is 5. The number of thioether (sulfide) groups is 1. The molecule has 3 aliphatic rings. The minimum absolute atomic E-state index is 0.0113. The largest absolute Gasteiger partial charge is 0.366 e. The molecule has 9 heteroatoms. The van der Waals surface area contributed by atoms with Crippen molar-refractivity contribution in [2.24, 2.45) is 0 Å². The van der Waals surface area contributed by atoms with E-state index in [1.54, 1.807) is 0 Å². The molecule has 0 radical (unpaired) electrons. The SMILES string of the molecule is CN1CCN(C2=C(Cl)[C@]3(OCCS3)C(F)(F)C2(F)F)CC1. The number of allylic oxidation sites excluding steroid dienone is 1. The predicted molar refractivity (Wildman–Crippen MR) is 73.0 cm³/mol. The third kappa shape index (κ3) is 1.95. The van der Waals surface area contributed by atoms with Crippen LogP contribution < -0.4 is 0 Å². The van der Waals surface area contributed by atoms with Gasteiger partial charge in [0.25, 0.3) is 0 Å². The lowest BCUT2D eigenvalue weighted by atomic mass is 10.1. The van der Waals surface area contributed by atoms with E-state index in [2.05, 4.69) is 0 Å². The van der Waals surface area contributed by atoms with Gasteiger partial charge in [0, 0.05) is 31.9 Å². The lowest BCUT2D eigenvalue weighted by Gasteiger charge is -2.37. The topological polar surface area (TPSA) is 15.7 Å². The molecular formula is C12H15ClF4N2OS. The molecule has 0 unspecified atom stereocenters. The van der Waals surface area contributed by atoms with E-state index in [4.69, 9.17) is 16.3 Å². The molecule has 3 nitrogen and oxygen atoms in total. The molecule has 0 amide bonds. The van der Waals surface area contributed by atoms with Gasteiger partial charge in [0.05, 0.1) is 11.6 Å². The maximum atomic E-state index is 14.4. The molecule has 2 saturated heterocycles. The van der Waals surface area contributed by atoms with Gasteiger partial charge in [0.2, 0.25) is 4.93 Å². The Labute approximate surface area is 129 Å². The summed E-state index contributed by atoms with van der Waals surface area (Å²) in [6.07, 6.45) is 0. The van der Waals surface area contributed by atoms with E-state index < -0.39 is 27.5 Å². The second-order valence-corrected chi connectivity index (χ2v) is 7.07. The molecule has 0 aromatic carbocycles. The summed E-state index contributed by atoms with van der Waals surface area (Å²) in [6.45, 7) is 1.53. The molecule has 0 aromatic heterocycles. The highest BCUT2D eigenvalue weighted by Gasteiger charge is 2.80. The summed E-state index contributed by atoms with van der Waals surface area (Å²) in [6, 6.07) is 0. The Morgan fingerprint density at radius 2 is 1.76 bits per heavy atom. The van der Waals surface area contributed by atoms with Crippen LogP contribution >= 0.6 is 23.4 Å². The Morgan fingerprint density at radius 1 is 1.14 bits per heavy atom. The van der Waals surface area contributed by atoms with Crippen LogP contribution in [0.1, 0.15) is 0 Å².